The highest BCUT2D eigenvalue weighted by molar-refractivity contribution is 6.04. The van der Waals surface area contributed by atoms with Crippen LogP contribution in [-0.4, -0.2) is 55.3 Å². The zero-order valence-electron chi connectivity index (χ0n) is 22.4. The van der Waals surface area contributed by atoms with Gasteiger partial charge in [-0.3, -0.25) is 4.79 Å². The van der Waals surface area contributed by atoms with E-state index in [9.17, 15) is 18.4 Å². The van der Waals surface area contributed by atoms with Crippen molar-refractivity contribution in [1.29, 1.82) is 0 Å². The number of amides is 1. The maximum Gasteiger partial charge on any atom is 0.586 e. The lowest BCUT2D eigenvalue weighted by Crippen LogP contribution is -2.28. The standard InChI is InChI=1S/C31H27F2N3O5.H2/c1-36(2)14-15-39-28(37)21-8-5-7-20(16-21)27-23-9-4-3-6-19(23)17-26(34-27)35-29(38)30(12-13-30)22-10-11-24-25(18-22)41-31(32,33)40-24;/h3-11,16-18H,12-15H2,1-2H3,(H,34,35,38);1H. The van der Waals surface area contributed by atoms with Crippen molar-refractivity contribution in [2.75, 3.05) is 32.6 Å². The number of hydrogen-bond acceptors (Lipinski definition) is 7. The van der Waals surface area contributed by atoms with Crippen LogP contribution in [0.3, 0.4) is 0 Å². The molecule has 2 heterocycles. The molecule has 1 fully saturated rings. The maximum absolute atomic E-state index is 13.6. The first-order valence-electron chi connectivity index (χ1n) is 13.2. The van der Waals surface area contributed by atoms with Crippen LogP contribution in [0.2, 0.25) is 0 Å². The van der Waals surface area contributed by atoms with Crippen molar-refractivity contribution in [3.05, 3.63) is 83.9 Å². The topological polar surface area (TPSA) is 90.0 Å². The lowest BCUT2D eigenvalue weighted by Gasteiger charge is -2.17. The summed E-state index contributed by atoms with van der Waals surface area (Å²) < 4.78 is 41.5. The number of hydrogen-bond donors (Lipinski definition) is 1. The van der Waals surface area contributed by atoms with Crippen LogP contribution >= 0.6 is 0 Å². The number of benzene rings is 3. The number of aromatic nitrogens is 1. The van der Waals surface area contributed by atoms with Crippen LogP contribution in [0.4, 0.5) is 14.6 Å². The van der Waals surface area contributed by atoms with Crippen LogP contribution < -0.4 is 14.8 Å². The van der Waals surface area contributed by atoms with Gasteiger partial charge in [-0.25, -0.2) is 9.78 Å². The Labute approximate surface area is 236 Å². The molecule has 0 atom stereocenters. The summed E-state index contributed by atoms with van der Waals surface area (Å²) in [5.74, 6) is -0.562. The first-order chi connectivity index (χ1) is 19.6. The Hall–Kier alpha value is -4.57. The van der Waals surface area contributed by atoms with Crippen molar-refractivity contribution in [1.82, 2.24) is 9.88 Å². The Morgan fingerprint density at radius 3 is 2.56 bits per heavy atom. The summed E-state index contributed by atoms with van der Waals surface area (Å²) in [6, 6.07) is 20.9. The van der Waals surface area contributed by atoms with Crippen LogP contribution in [0.25, 0.3) is 22.0 Å². The van der Waals surface area contributed by atoms with E-state index in [0.717, 1.165) is 10.8 Å². The second-order valence-electron chi connectivity index (χ2n) is 10.5. The molecule has 1 amide bonds. The molecule has 3 aromatic carbocycles. The predicted molar refractivity (Wildman–Crippen MR) is 150 cm³/mol. The third-order valence-electron chi connectivity index (χ3n) is 7.26. The molecule has 0 radical (unpaired) electrons. The summed E-state index contributed by atoms with van der Waals surface area (Å²) in [5.41, 5.74) is 1.36. The largest absolute Gasteiger partial charge is 0.586 e. The van der Waals surface area contributed by atoms with Crippen LogP contribution in [-0.2, 0) is 14.9 Å². The highest BCUT2D eigenvalue weighted by Crippen LogP contribution is 2.52. The number of anilines is 1. The van der Waals surface area contributed by atoms with Gasteiger partial charge in [0, 0.05) is 18.9 Å². The number of esters is 1. The first-order valence-corrected chi connectivity index (χ1v) is 13.2. The Morgan fingerprint density at radius 2 is 1.78 bits per heavy atom. The minimum Gasteiger partial charge on any atom is -0.461 e. The van der Waals surface area contributed by atoms with Gasteiger partial charge in [0.2, 0.25) is 5.91 Å². The number of alkyl halides is 2. The molecule has 10 heteroatoms. The monoisotopic (exact) mass is 561 g/mol. The van der Waals surface area contributed by atoms with Crippen LogP contribution in [0, 0.1) is 0 Å². The van der Waals surface area contributed by atoms with Gasteiger partial charge in [-0.05, 0) is 68.2 Å². The molecular weight excluding hydrogens is 532 g/mol. The van der Waals surface area contributed by atoms with Gasteiger partial charge in [0.15, 0.2) is 11.5 Å². The molecule has 212 valence electrons. The zero-order chi connectivity index (χ0) is 28.8. The van der Waals surface area contributed by atoms with E-state index in [0.29, 0.717) is 47.6 Å². The van der Waals surface area contributed by atoms with E-state index in [4.69, 9.17) is 9.72 Å². The Morgan fingerprint density at radius 1 is 1.00 bits per heavy atom. The van der Waals surface area contributed by atoms with Gasteiger partial charge >= 0.3 is 12.3 Å². The summed E-state index contributed by atoms with van der Waals surface area (Å²) in [6.07, 6.45) is -2.63. The number of nitrogens with one attached hydrogen (secondary N) is 1. The maximum atomic E-state index is 13.6. The van der Waals surface area contributed by atoms with Gasteiger partial charge in [-0.2, -0.15) is 0 Å². The van der Waals surface area contributed by atoms with Gasteiger partial charge in [-0.15, -0.1) is 8.78 Å². The number of nitrogens with zero attached hydrogens (tertiary/aromatic N) is 2. The molecule has 1 aliphatic heterocycles. The van der Waals surface area contributed by atoms with E-state index >= 15 is 0 Å². The third kappa shape index (κ3) is 5.30. The van der Waals surface area contributed by atoms with E-state index in [1.807, 2.05) is 49.3 Å². The average molecular weight is 562 g/mol. The molecule has 1 aliphatic carbocycles. The fourth-order valence-electron chi connectivity index (χ4n) is 4.94. The molecule has 0 spiro atoms. The fraction of sp³-hybridized carbons (Fsp3) is 0.258. The minimum absolute atomic E-state index is 0. The van der Waals surface area contributed by atoms with Crippen molar-refractivity contribution in [2.45, 2.75) is 24.6 Å². The summed E-state index contributed by atoms with van der Waals surface area (Å²) in [4.78, 5) is 32.9. The summed E-state index contributed by atoms with van der Waals surface area (Å²) in [7, 11) is 3.80. The van der Waals surface area contributed by atoms with Crippen LogP contribution in [0.1, 0.15) is 30.2 Å². The lowest BCUT2D eigenvalue weighted by atomic mass is 9.94. The van der Waals surface area contributed by atoms with Crippen LogP contribution in [0.5, 0.6) is 11.5 Å². The fourth-order valence-corrected chi connectivity index (χ4v) is 4.94. The van der Waals surface area contributed by atoms with Crippen molar-refractivity contribution in [3.63, 3.8) is 0 Å². The second kappa shape index (κ2) is 10.1. The molecule has 0 unspecified atom stereocenters. The summed E-state index contributed by atoms with van der Waals surface area (Å²) in [5, 5.41) is 4.64. The SMILES string of the molecule is CN(C)CCOC(=O)c1cccc(-c2nc(NC(=O)C3(c4ccc5c(c4)OC(F)(F)O5)CC3)cc3ccccc23)c1.[HH]. The first kappa shape index (κ1) is 26.6. The van der Waals surface area contributed by atoms with E-state index in [1.165, 1.54) is 12.1 Å². The Bertz CT molecular complexity index is 1680. The van der Waals surface area contributed by atoms with Gasteiger partial charge in [0.05, 0.1) is 16.7 Å². The second-order valence-corrected chi connectivity index (χ2v) is 10.5. The highest BCUT2D eigenvalue weighted by atomic mass is 19.3. The molecule has 0 bridgehead atoms. The number of carbonyl (C=O) groups is 2. The van der Waals surface area contributed by atoms with E-state index in [-0.39, 0.29) is 25.4 Å². The Balaban J connectivity index is 0.00000353. The van der Waals surface area contributed by atoms with Crippen molar-refractivity contribution < 1.29 is 34.0 Å². The molecule has 1 N–H and O–H groups in total. The zero-order valence-corrected chi connectivity index (χ0v) is 22.4. The van der Waals surface area contributed by atoms with E-state index in [2.05, 4.69) is 14.8 Å². The van der Waals surface area contributed by atoms with Gasteiger partial charge in [0.1, 0.15) is 12.4 Å². The van der Waals surface area contributed by atoms with Crippen molar-refractivity contribution >= 4 is 28.5 Å². The van der Waals surface area contributed by atoms with Crippen LogP contribution in [0.15, 0.2) is 72.8 Å². The third-order valence-corrected chi connectivity index (χ3v) is 7.26. The average Bonchev–Trinajstić information content (AvgIpc) is 3.69. The molecule has 1 aromatic heterocycles. The van der Waals surface area contributed by atoms with Gasteiger partial charge in [-0.1, -0.05) is 42.5 Å². The van der Waals surface area contributed by atoms with Crippen molar-refractivity contribution in [3.8, 4) is 22.8 Å². The molecule has 4 aromatic rings. The number of likely N-dealkylation sites (N-methyl/N-ethyl adjacent to an activating group) is 1. The van der Waals surface area contributed by atoms with Crippen molar-refractivity contribution in [2.24, 2.45) is 0 Å². The van der Waals surface area contributed by atoms with Gasteiger partial charge in [0.25, 0.3) is 0 Å². The summed E-state index contributed by atoms with van der Waals surface area (Å²) in [6.45, 7) is 0.881. The number of ether oxygens (including phenoxy) is 3. The number of fused-ring (bicyclic) bond motifs is 2. The number of rotatable bonds is 8. The molecule has 2 aliphatic rings. The molecule has 41 heavy (non-hydrogen) atoms. The molecule has 0 saturated heterocycles. The summed E-state index contributed by atoms with van der Waals surface area (Å²) >= 11 is 0. The quantitative estimate of drug-likeness (QED) is 0.270. The Kier molecular flexibility index (Phi) is 6.57. The molecule has 1 saturated carbocycles. The van der Waals surface area contributed by atoms with Gasteiger partial charge < -0.3 is 24.4 Å². The van der Waals surface area contributed by atoms with E-state index < -0.39 is 17.7 Å². The number of carbonyl (C=O) groups excluding carboxylic acids is 2. The molecule has 6 rings (SSSR count). The lowest BCUT2D eigenvalue weighted by molar-refractivity contribution is -0.286. The number of pyridine rings is 1. The smallest absolute Gasteiger partial charge is 0.461 e. The van der Waals surface area contributed by atoms with E-state index in [1.54, 1.807) is 30.3 Å². The molecule has 8 nitrogen and oxygen atoms in total. The highest BCUT2D eigenvalue weighted by Gasteiger charge is 2.53. The molecular formula is C31H29F2N3O5. The predicted octanol–water partition coefficient (Wildman–Crippen LogP) is 5.86. The minimum atomic E-state index is -3.73. The number of halogens is 2. The normalized spacial score (nSPS) is 16.0.